The average molecular weight is 879 g/mol. The lowest BCUT2D eigenvalue weighted by Gasteiger charge is -2.37. The van der Waals surface area contributed by atoms with Crippen molar-refractivity contribution in [2.45, 2.75) is 43.8 Å². The number of nitrogens with zero attached hydrogens (tertiary/aromatic N) is 6. The van der Waals surface area contributed by atoms with Crippen molar-refractivity contribution >= 4 is 62.7 Å². The van der Waals surface area contributed by atoms with Crippen LogP contribution < -0.4 is 21.5 Å². The quantitative estimate of drug-likeness (QED) is 0.210. The number of nitrogens with one attached hydrogen (secondary N) is 3. The monoisotopic (exact) mass is 877 g/mol. The third-order valence-electron chi connectivity index (χ3n) is 11.7. The maximum absolute atomic E-state index is 13.5. The molecule has 3 N–H and O–H groups in total. The van der Waals surface area contributed by atoms with Crippen molar-refractivity contribution in [3.8, 4) is 0 Å². The van der Waals surface area contributed by atoms with Crippen LogP contribution in [0.3, 0.4) is 0 Å². The normalized spacial score (nSPS) is 21.1. The van der Waals surface area contributed by atoms with E-state index < -0.39 is 35.6 Å². The highest BCUT2D eigenvalue weighted by molar-refractivity contribution is 9.10. The molecule has 1 unspecified atom stereocenters. The lowest BCUT2D eigenvalue weighted by atomic mass is 9.87. The van der Waals surface area contributed by atoms with Crippen molar-refractivity contribution in [3.05, 3.63) is 121 Å². The van der Waals surface area contributed by atoms with Gasteiger partial charge in [-0.25, -0.2) is 4.68 Å². The van der Waals surface area contributed by atoms with Crippen molar-refractivity contribution in [2.75, 3.05) is 56.9 Å². The van der Waals surface area contributed by atoms with E-state index in [4.69, 9.17) is 0 Å². The Kier molecular flexibility index (Phi) is 11.5. The molecule has 5 heterocycles. The molecule has 3 aromatic carbocycles. The fraction of sp³-hybridized carbons (Fsp3) is 0.349. The standard InChI is InChI=1S/C43H44BrN9O7/c1-49-23-29(19-31(24-49)46-34-21-45-50(2)43(60)37(34)44)26-7-9-28(10-8-26)40(57)52-17-15-51(16-18-52)22-25-3-5-27(6-4-25)38(55)47-30-11-12-32-33(20-30)42(59)53(41(32)58)35-13-14-36(54)48-39(35)56/h3-12,20-21,29,31,35,46H,13-19,22-24H2,1-2H3,(H,47,55)(H,48,54,56)/t29-,31+,35?/m1/s1. The number of carbonyl (C=O) groups excluding carboxylic acids is 6. The van der Waals surface area contributed by atoms with Gasteiger partial charge in [0.05, 0.1) is 23.0 Å². The number of fused-ring (bicyclic) bond motifs is 1. The molecule has 6 amide bonds. The first-order valence-electron chi connectivity index (χ1n) is 19.9. The molecule has 1 aromatic heterocycles. The van der Waals surface area contributed by atoms with E-state index in [1.54, 1.807) is 25.4 Å². The lowest BCUT2D eigenvalue weighted by Crippen LogP contribution is -2.54. The number of likely N-dealkylation sites (N-methyl/N-ethyl adjacent to an activating group) is 1. The SMILES string of the molecule is CN1C[C@@H](Nc2cnn(C)c(=O)c2Br)C[C@@H](c2ccc(C(=O)N3CCN(Cc4ccc(C(=O)Nc5ccc6c(c5)C(=O)N(C5CCC(=O)NC5=O)C6=O)cc4)CC3)cc2)C1. The summed E-state index contributed by atoms with van der Waals surface area (Å²) in [6.45, 7) is 4.96. The highest BCUT2D eigenvalue weighted by atomic mass is 79.9. The molecule has 3 fully saturated rings. The largest absolute Gasteiger partial charge is 0.379 e. The molecular weight excluding hydrogens is 834 g/mol. The van der Waals surface area contributed by atoms with Crippen LogP contribution in [-0.2, 0) is 23.2 Å². The fourth-order valence-corrected chi connectivity index (χ4v) is 8.93. The molecule has 0 bridgehead atoms. The number of halogens is 1. The van der Waals surface area contributed by atoms with E-state index in [0.29, 0.717) is 59.7 Å². The molecule has 0 aliphatic carbocycles. The van der Waals surface area contributed by atoms with Crippen LogP contribution in [0.5, 0.6) is 0 Å². The predicted octanol–water partition coefficient (Wildman–Crippen LogP) is 3.05. The zero-order chi connectivity index (χ0) is 42.2. The molecule has 3 atom stereocenters. The molecule has 4 aliphatic rings. The Balaban J connectivity index is 0.809. The number of piperidine rings is 2. The number of rotatable bonds is 9. The molecule has 0 spiro atoms. The van der Waals surface area contributed by atoms with Crippen LogP contribution in [-0.4, -0.2) is 123 Å². The molecule has 4 aliphatic heterocycles. The molecule has 8 rings (SSSR count). The summed E-state index contributed by atoms with van der Waals surface area (Å²) in [6, 6.07) is 18.6. The van der Waals surface area contributed by atoms with Crippen LogP contribution in [0.15, 0.2) is 82.2 Å². The Morgan fingerprint density at radius 1 is 0.850 bits per heavy atom. The third kappa shape index (κ3) is 8.37. The van der Waals surface area contributed by atoms with E-state index in [0.717, 1.165) is 35.5 Å². The number of hydrogen-bond acceptors (Lipinski definition) is 11. The van der Waals surface area contributed by atoms with Crippen molar-refractivity contribution < 1.29 is 28.8 Å². The zero-order valence-corrected chi connectivity index (χ0v) is 34.7. The average Bonchev–Trinajstić information content (AvgIpc) is 3.48. The van der Waals surface area contributed by atoms with Crippen LogP contribution in [0.4, 0.5) is 11.4 Å². The second-order valence-corrected chi connectivity index (χ2v) is 16.6. The summed E-state index contributed by atoms with van der Waals surface area (Å²) >= 11 is 3.41. The number of amides is 6. The topological polar surface area (TPSA) is 186 Å². The van der Waals surface area contributed by atoms with Gasteiger partial charge < -0.3 is 20.4 Å². The zero-order valence-electron chi connectivity index (χ0n) is 33.2. The fourth-order valence-electron chi connectivity index (χ4n) is 8.46. The second kappa shape index (κ2) is 16.9. The molecule has 3 saturated heterocycles. The Morgan fingerprint density at radius 3 is 2.27 bits per heavy atom. The highest BCUT2D eigenvalue weighted by Crippen LogP contribution is 2.31. The van der Waals surface area contributed by atoms with E-state index in [1.807, 2.05) is 29.2 Å². The predicted molar refractivity (Wildman–Crippen MR) is 225 cm³/mol. The van der Waals surface area contributed by atoms with E-state index in [2.05, 4.69) is 66.0 Å². The van der Waals surface area contributed by atoms with Crippen LogP contribution in [0.1, 0.15) is 77.7 Å². The van der Waals surface area contributed by atoms with Gasteiger partial charge in [0, 0.05) is 82.1 Å². The van der Waals surface area contributed by atoms with Gasteiger partial charge in [0.25, 0.3) is 29.2 Å². The smallest absolute Gasteiger partial charge is 0.282 e. The van der Waals surface area contributed by atoms with Gasteiger partial charge in [0.15, 0.2) is 0 Å². The number of benzene rings is 3. The van der Waals surface area contributed by atoms with Crippen LogP contribution in [0.2, 0.25) is 0 Å². The molecule has 310 valence electrons. The summed E-state index contributed by atoms with van der Waals surface area (Å²) in [6.07, 6.45) is 2.62. The Hall–Kier alpha value is -6.04. The van der Waals surface area contributed by atoms with E-state index in [1.165, 1.54) is 22.9 Å². The maximum Gasteiger partial charge on any atom is 0.282 e. The summed E-state index contributed by atoms with van der Waals surface area (Å²) < 4.78 is 1.76. The van der Waals surface area contributed by atoms with Crippen LogP contribution >= 0.6 is 15.9 Å². The summed E-state index contributed by atoms with van der Waals surface area (Å²) in [5.41, 5.74) is 4.26. The number of aryl methyl sites for hydroxylation is 1. The molecule has 60 heavy (non-hydrogen) atoms. The van der Waals surface area contributed by atoms with Crippen molar-refractivity contribution in [2.24, 2.45) is 7.05 Å². The molecular formula is C43H44BrN9O7. The summed E-state index contributed by atoms with van der Waals surface area (Å²) in [5, 5.41) is 12.6. The summed E-state index contributed by atoms with van der Waals surface area (Å²) in [4.78, 5) is 96.5. The van der Waals surface area contributed by atoms with Crippen molar-refractivity contribution in [3.63, 3.8) is 0 Å². The Morgan fingerprint density at radius 2 is 1.55 bits per heavy atom. The first-order valence-corrected chi connectivity index (χ1v) is 20.7. The number of piperazine rings is 1. The van der Waals surface area contributed by atoms with Gasteiger partial charge in [-0.2, -0.15) is 5.10 Å². The van der Waals surface area contributed by atoms with Gasteiger partial charge in [-0.15, -0.1) is 0 Å². The number of carbonyl (C=O) groups is 6. The van der Waals surface area contributed by atoms with Gasteiger partial charge in [-0.1, -0.05) is 24.3 Å². The highest BCUT2D eigenvalue weighted by Gasteiger charge is 2.44. The third-order valence-corrected chi connectivity index (χ3v) is 12.4. The van der Waals surface area contributed by atoms with Gasteiger partial charge in [0.2, 0.25) is 11.8 Å². The lowest BCUT2D eigenvalue weighted by molar-refractivity contribution is -0.136. The van der Waals surface area contributed by atoms with Crippen LogP contribution in [0, 0.1) is 0 Å². The van der Waals surface area contributed by atoms with Crippen LogP contribution in [0.25, 0.3) is 0 Å². The van der Waals surface area contributed by atoms with Gasteiger partial charge in [0.1, 0.15) is 10.5 Å². The molecule has 0 saturated carbocycles. The van der Waals surface area contributed by atoms with Crippen molar-refractivity contribution in [1.29, 1.82) is 0 Å². The Bertz CT molecular complexity index is 2450. The van der Waals surface area contributed by atoms with Crippen molar-refractivity contribution in [1.82, 2.24) is 34.7 Å². The minimum Gasteiger partial charge on any atom is -0.379 e. The Labute approximate surface area is 354 Å². The summed E-state index contributed by atoms with van der Waals surface area (Å²) in [7, 11) is 3.70. The van der Waals surface area contributed by atoms with Gasteiger partial charge in [-0.05, 0) is 95.3 Å². The number of hydrogen-bond donors (Lipinski definition) is 3. The van der Waals surface area contributed by atoms with E-state index >= 15 is 0 Å². The van der Waals surface area contributed by atoms with Gasteiger partial charge in [-0.3, -0.25) is 48.7 Å². The van der Waals surface area contributed by atoms with E-state index in [-0.39, 0.29) is 47.4 Å². The minimum atomic E-state index is -1.07. The number of imide groups is 2. The molecule has 16 nitrogen and oxygen atoms in total. The number of likely N-dealkylation sites (tertiary alicyclic amines) is 1. The van der Waals surface area contributed by atoms with Gasteiger partial charge >= 0.3 is 0 Å². The molecule has 4 aromatic rings. The first kappa shape index (κ1) is 40.7. The minimum absolute atomic E-state index is 0.00542. The number of anilines is 2. The molecule has 17 heteroatoms. The summed E-state index contributed by atoms with van der Waals surface area (Å²) in [5.74, 6) is -2.53. The first-order chi connectivity index (χ1) is 28.8. The molecule has 0 radical (unpaired) electrons. The van der Waals surface area contributed by atoms with E-state index in [9.17, 15) is 33.6 Å². The second-order valence-electron chi connectivity index (χ2n) is 15.8. The maximum atomic E-state index is 13.5. The number of aromatic nitrogens is 2.